The van der Waals surface area contributed by atoms with Crippen molar-refractivity contribution in [2.75, 3.05) is 12.4 Å². The molecule has 0 radical (unpaired) electrons. The van der Waals surface area contributed by atoms with Gasteiger partial charge in [0.1, 0.15) is 11.4 Å². The molecule has 0 aliphatic rings. The third kappa shape index (κ3) is 2.65. The van der Waals surface area contributed by atoms with E-state index >= 15 is 0 Å². The van der Waals surface area contributed by atoms with Gasteiger partial charge in [-0.2, -0.15) is 0 Å². The Labute approximate surface area is 128 Å². The number of benzene rings is 1. The molecule has 1 amide bonds. The minimum Gasteiger partial charge on any atom is -0.495 e. The van der Waals surface area contributed by atoms with Crippen molar-refractivity contribution in [1.29, 1.82) is 0 Å². The molecule has 2 aromatic heterocycles. The van der Waals surface area contributed by atoms with E-state index in [0.29, 0.717) is 17.9 Å². The van der Waals surface area contributed by atoms with Crippen LogP contribution in [-0.2, 0) is 4.79 Å². The van der Waals surface area contributed by atoms with Crippen LogP contribution >= 0.6 is 0 Å². The lowest BCUT2D eigenvalue weighted by atomic mass is 10.1. The fraction of sp³-hybridized carbons (Fsp3) is 0.176. The molecule has 1 aromatic carbocycles. The molecule has 5 nitrogen and oxygen atoms in total. The van der Waals surface area contributed by atoms with Gasteiger partial charge in [-0.05, 0) is 30.3 Å². The van der Waals surface area contributed by atoms with E-state index in [1.165, 1.54) is 0 Å². The van der Waals surface area contributed by atoms with Crippen molar-refractivity contribution in [2.45, 2.75) is 13.3 Å². The van der Waals surface area contributed by atoms with Gasteiger partial charge in [0.15, 0.2) is 0 Å². The number of fused-ring (bicyclic) bond motifs is 1. The minimum atomic E-state index is -0.0505. The van der Waals surface area contributed by atoms with Crippen molar-refractivity contribution in [1.82, 2.24) is 9.38 Å². The SMILES string of the molecule is CCC(=O)Nc1cc(-c2cn3ccccc3n2)ccc1OC. The second-order valence-electron chi connectivity index (χ2n) is 4.91. The molecule has 2 heterocycles. The third-order valence-electron chi connectivity index (χ3n) is 3.45. The summed E-state index contributed by atoms with van der Waals surface area (Å²) in [5.41, 5.74) is 3.31. The van der Waals surface area contributed by atoms with E-state index in [1.807, 2.05) is 60.1 Å². The summed E-state index contributed by atoms with van der Waals surface area (Å²) in [4.78, 5) is 16.2. The maximum absolute atomic E-state index is 11.7. The summed E-state index contributed by atoms with van der Waals surface area (Å²) in [6.07, 6.45) is 4.33. The van der Waals surface area contributed by atoms with Gasteiger partial charge in [-0.1, -0.05) is 13.0 Å². The van der Waals surface area contributed by atoms with Crippen molar-refractivity contribution in [3.05, 3.63) is 48.8 Å². The van der Waals surface area contributed by atoms with Crippen LogP contribution in [0.15, 0.2) is 48.8 Å². The number of carbonyl (C=O) groups excluding carboxylic acids is 1. The second kappa shape index (κ2) is 5.89. The highest BCUT2D eigenvalue weighted by Crippen LogP contribution is 2.30. The molecular formula is C17H17N3O2. The summed E-state index contributed by atoms with van der Waals surface area (Å²) < 4.78 is 7.26. The highest BCUT2D eigenvalue weighted by molar-refractivity contribution is 5.93. The summed E-state index contributed by atoms with van der Waals surface area (Å²) >= 11 is 0. The van der Waals surface area contributed by atoms with Crippen molar-refractivity contribution >= 4 is 17.2 Å². The van der Waals surface area contributed by atoms with Gasteiger partial charge in [0, 0.05) is 24.4 Å². The summed E-state index contributed by atoms with van der Waals surface area (Å²) in [7, 11) is 1.58. The first-order chi connectivity index (χ1) is 10.7. The van der Waals surface area contributed by atoms with Gasteiger partial charge in [0.25, 0.3) is 0 Å². The Hall–Kier alpha value is -2.82. The zero-order chi connectivity index (χ0) is 15.5. The number of carbonyl (C=O) groups is 1. The minimum absolute atomic E-state index is 0.0505. The third-order valence-corrected chi connectivity index (χ3v) is 3.45. The van der Waals surface area contributed by atoms with Crippen LogP contribution in [0.3, 0.4) is 0 Å². The summed E-state index contributed by atoms with van der Waals surface area (Å²) in [6, 6.07) is 11.5. The number of amides is 1. The van der Waals surface area contributed by atoms with Crippen molar-refractivity contribution in [3.8, 4) is 17.0 Å². The molecule has 0 saturated heterocycles. The Morgan fingerprint density at radius 2 is 2.18 bits per heavy atom. The lowest BCUT2D eigenvalue weighted by Gasteiger charge is -2.10. The number of hydrogen-bond acceptors (Lipinski definition) is 3. The van der Waals surface area contributed by atoms with E-state index < -0.39 is 0 Å². The average Bonchev–Trinajstić information content (AvgIpc) is 2.98. The molecule has 3 aromatic rings. The molecule has 0 aliphatic carbocycles. The van der Waals surface area contributed by atoms with Crippen LogP contribution < -0.4 is 10.1 Å². The normalized spacial score (nSPS) is 10.6. The first-order valence-corrected chi connectivity index (χ1v) is 7.13. The predicted molar refractivity (Wildman–Crippen MR) is 86.1 cm³/mol. The Morgan fingerprint density at radius 1 is 1.32 bits per heavy atom. The van der Waals surface area contributed by atoms with Gasteiger partial charge >= 0.3 is 0 Å². The van der Waals surface area contributed by atoms with E-state index in [2.05, 4.69) is 10.3 Å². The van der Waals surface area contributed by atoms with Gasteiger partial charge < -0.3 is 14.5 Å². The molecular weight excluding hydrogens is 278 g/mol. The smallest absolute Gasteiger partial charge is 0.224 e. The number of hydrogen-bond donors (Lipinski definition) is 1. The van der Waals surface area contributed by atoms with Gasteiger partial charge in [0.05, 0.1) is 18.5 Å². The van der Waals surface area contributed by atoms with Crippen LogP contribution in [0.25, 0.3) is 16.9 Å². The van der Waals surface area contributed by atoms with Crippen molar-refractivity contribution in [3.63, 3.8) is 0 Å². The van der Waals surface area contributed by atoms with E-state index in [1.54, 1.807) is 7.11 Å². The summed E-state index contributed by atoms with van der Waals surface area (Å²) in [6.45, 7) is 1.81. The van der Waals surface area contributed by atoms with Crippen molar-refractivity contribution in [2.24, 2.45) is 0 Å². The lowest BCUT2D eigenvalue weighted by molar-refractivity contribution is -0.115. The van der Waals surface area contributed by atoms with E-state index in [9.17, 15) is 4.79 Å². The fourth-order valence-corrected chi connectivity index (χ4v) is 2.28. The first-order valence-electron chi connectivity index (χ1n) is 7.13. The van der Waals surface area contributed by atoms with Crippen molar-refractivity contribution < 1.29 is 9.53 Å². The van der Waals surface area contributed by atoms with Gasteiger partial charge in [-0.15, -0.1) is 0 Å². The van der Waals surface area contributed by atoms with Gasteiger partial charge in [0.2, 0.25) is 5.91 Å². The molecule has 0 atom stereocenters. The molecule has 0 aliphatic heterocycles. The zero-order valence-electron chi connectivity index (χ0n) is 12.5. The highest BCUT2D eigenvalue weighted by atomic mass is 16.5. The number of pyridine rings is 1. The zero-order valence-corrected chi connectivity index (χ0v) is 12.5. The molecule has 112 valence electrons. The van der Waals surface area contributed by atoms with E-state index in [4.69, 9.17) is 4.74 Å². The molecule has 3 rings (SSSR count). The molecule has 0 unspecified atom stereocenters. The molecule has 22 heavy (non-hydrogen) atoms. The Kier molecular flexibility index (Phi) is 3.78. The number of aromatic nitrogens is 2. The van der Waals surface area contributed by atoms with E-state index in [0.717, 1.165) is 16.9 Å². The van der Waals surface area contributed by atoms with Crippen LogP contribution in [0, 0.1) is 0 Å². The Balaban J connectivity index is 2.03. The molecule has 1 N–H and O–H groups in total. The molecule has 5 heteroatoms. The summed E-state index contributed by atoms with van der Waals surface area (Å²) in [5, 5.41) is 2.86. The fourth-order valence-electron chi connectivity index (χ4n) is 2.28. The van der Waals surface area contributed by atoms with Crippen LogP contribution in [0.1, 0.15) is 13.3 Å². The van der Waals surface area contributed by atoms with E-state index in [-0.39, 0.29) is 5.91 Å². The monoisotopic (exact) mass is 295 g/mol. The molecule has 0 spiro atoms. The number of methoxy groups -OCH3 is 1. The summed E-state index contributed by atoms with van der Waals surface area (Å²) in [5.74, 6) is 0.583. The lowest BCUT2D eigenvalue weighted by Crippen LogP contribution is -2.10. The number of anilines is 1. The first kappa shape index (κ1) is 14.1. The maximum atomic E-state index is 11.7. The number of ether oxygens (including phenoxy) is 1. The van der Waals surface area contributed by atoms with Gasteiger partial charge in [-0.3, -0.25) is 4.79 Å². The van der Waals surface area contributed by atoms with Gasteiger partial charge in [-0.25, -0.2) is 4.98 Å². The van der Waals surface area contributed by atoms with Crippen LogP contribution in [0.5, 0.6) is 5.75 Å². The second-order valence-corrected chi connectivity index (χ2v) is 4.91. The van der Waals surface area contributed by atoms with Crippen LogP contribution in [0.2, 0.25) is 0 Å². The molecule has 0 bridgehead atoms. The Morgan fingerprint density at radius 3 is 2.91 bits per heavy atom. The molecule has 0 saturated carbocycles. The standard InChI is InChI=1S/C17H17N3O2/c1-3-17(21)19-13-10-12(7-8-15(13)22-2)14-11-20-9-5-4-6-16(20)18-14/h4-11H,3H2,1-2H3,(H,19,21). The number of imidazole rings is 1. The average molecular weight is 295 g/mol. The number of nitrogens with zero attached hydrogens (tertiary/aromatic N) is 2. The highest BCUT2D eigenvalue weighted by Gasteiger charge is 2.10. The quantitative estimate of drug-likeness (QED) is 0.803. The number of rotatable bonds is 4. The number of nitrogens with one attached hydrogen (secondary N) is 1. The van der Waals surface area contributed by atoms with Crippen LogP contribution in [0.4, 0.5) is 5.69 Å². The van der Waals surface area contributed by atoms with Crippen LogP contribution in [-0.4, -0.2) is 22.4 Å². The Bertz CT molecular complexity index is 791. The predicted octanol–water partition coefficient (Wildman–Crippen LogP) is 3.36. The molecule has 0 fully saturated rings. The maximum Gasteiger partial charge on any atom is 0.224 e. The largest absolute Gasteiger partial charge is 0.495 e. The topological polar surface area (TPSA) is 55.6 Å².